The fourth-order valence-electron chi connectivity index (χ4n) is 11.1. The number of allylic oxidation sites excluding steroid dienone is 2. The topological polar surface area (TPSA) is 54.4 Å². The van der Waals surface area contributed by atoms with E-state index in [1.807, 2.05) is 0 Å². The van der Waals surface area contributed by atoms with Gasteiger partial charge in [0.05, 0.1) is 5.41 Å². The van der Waals surface area contributed by atoms with Gasteiger partial charge in [-0.05, 0) is 104 Å². The zero-order chi connectivity index (χ0) is 24.2. The van der Waals surface area contributed by atoms with E-state index < -0.39 is 11.4 Å². The zero-order valence-electron chi connectivity index (χ0n) is 22.1. The van der Waals surface area contributed by atoms with Crippen molar-refractivity contribution in [2.24, 2.45) is 56.7 Å². The number of aliphatic carboxylic acids is 1. The Balaban J connectivity index is 1.58. The third-order valence-electron chi connectivity index (χ3n) is 13.3. The molecule has 3 nitrogen and oxygen atoms in total. The van der Waals surface area contributed by atoms with Crippen molar-refractivity contribution >= 4 is 11.8 Å². The van der Waals surface area contributed by atoms with E-state index in [1.54, 1.807) is 0 Å². The number of rotatable bonds is 1. The molecule has 0 spiro atoms. The fraction of sp³-hybridized carbons (Fsp3) is 0.867. The highest BCUT2D eigenvalue weighted by Gasteiger charge is 2.71. The molecule has 0 aliphatic heterocycles. The standard InChI is InChI=1S/C30H46O3/c1-18-10-15-30(25(32)33)17-16-28(6)20(24(30)19(18)2)8-9-22-27(5)13-12-23(31)26(3,4)21(27)11-14-29(22,28)7/h10,19-22,24H,8-9,11-17H2,1-7H3,(H,32,33)/t19-,20?,21+,22-,24-,27+,28-,29-,30+/m1/s1. The number of hydrogen-bond acceptors (Lipinski definition) is 2. The molecule has 5 aliphatic carbocycles. The Morgan fingerprint density at radius 1 is 0.939 bits per heavy atom. The first-order valence-corrected chi connectivity index (χ1v) is 13.7. The number of ketones is 1. The van der Waals surface area contributed by atoms with Crippen LogP contribution in [0.3, 0.4) is 0 Å². The highest BCUT2D eigenvalue weighted by molar-refractivity contribution is 5.85. The Kier molecular flexibility index (Phi) is 4.99. The maximum Gasteiger partial charge on any atom is 0.310 e. The van der Waals surface area contributed by atoms with Crippen LogP contribution in [-0.4, -0.2) is 16.9 Å². The van der Waals surface area contributed by atoms with Gasteiger partial charge in [-0.2, -0.15) is 0 Å². The normalized spacial score (nSPS) is 53.1. The van der Waals surface area contributed by atoms with Crippen LogP contribution in [0.1, 0.15) is 106 Å². The number of hydrogen-bond donors (Lipinski definition) is 1. The van der Waals surface area contributed by atoms with Gasteiger partial charge in [-0.1, -0.05) is 53.2 Å². The summed E-state index contributed by atoms with van der Waals surface area (Å²) in [5.74, 6) is 2.08. The van der Waals surface area contributed by atoms with E-state index in [-0.39, 0.29) is 27.6 Å². The molecule has 184 valence electrons. The maximum atomic E-state index is 12.9. The van der Waals surface area contributed by atoms with Gasteiger partial charge in [0.2, 0.25) is 0 Å². The summed E-state index contributed by atoms with van der Waals surface area (Å²) in [6.45, 7) is 16.6. The fourth-order valence-corrected chi connectivity index (χ4v) is 11.1. The minimum Gasteiger partial charge on any atom is -0.481 e. The molecule has 4 saturated carbocycles. The van der Waals surface area contributed by atoms with Crippen LogP contribution in [0.2, 0.25) is 0 Å². The lowest BCUT2D eigenvalue weighted by atomic mass is 9.31. The molecule has 5 rings (SSSR count). The van der Waals surface area contributed by atoms with Crippen LogP contribution in [0.5, 0.6) is 0 Å². The summed E-state index contributed by atoms with van der Waals surface area (Å²) in [5, 5.41) is 10.5. The molecule has 0 bridgehead atoms. The molecule has 0 aromatic heterocycles. The van der Waals surface area contributed by atoms with Crippen molar-refractivity contribution in [3.05, 3.63) is 11.6 Å². The van der Waals surface area contributed by atoms with Crippen LogP contribution in [0.15, 0.2) is 11.6 Å². The van der Waals surface area contributed by atoms with Crippen LogP contribution in [0.25, 0.3) is 0 Å². The second-order valence-electron chi connectivity index (χ2n) is 14.2. The van der Waals surface area contributed by atoms with E-state index in [9.17, 15) is 14.7 Å². The molecule has 5 aliphatic rings. The monoisotopic (exact) mass is 454 g/mol. The summed E-state index contributed by atoms with van der Waals surface area (Å²) >= 11 is 0. The van der Waals surface area contributed by atoms with Gasteiger partial charge in [0.1, 0.15) is 5.78 Å². The minimum atomic E-state index is -0.577. The molecule has 4 fully saturated rings. The molecule has 1 unspecified atom stereocenters. The molecule has 3 heteroatoms. The van der Waals surface area contributed by atoms with E-state index >= 15 is 0 Å². The quantitative estimate of drug-likeness (QED) is 0.423. The Hall–Kier alpha value is -1.12. The van der Waals surface area contributed by atoms with Crippen LogP contribution in [0, 0.1) is 56.7 Å². The van der Waals surface area contributed by atoms with Crippen molar-refractivity contribution in [1.29, 1.82) is 0 Å². The Labute approximate surface area is 201 Å². The second kappa shape index (κ2) is 6.97. The number of carboxylic acid groups (broad SMARTS) is 1. The number of carboxylic acids is 1. The predicted molar refractivity (Wildman–Crippen MR) is 132 cm³/mol. The van der Waals surface area contributed by atoms with Crippen molar-refractivity contribution in [1.82, 2.24) is 0 Å². The molecule has 1 N–H and O–H groups in total. The smallest absolute Gasteiger partial charge is 0.310 e. The number of carbonyl (C=O) groups is 2. The molecule has 33 heavy (non-hydrogen) atoms. The molecular weight excluding hydrogens is 408 g/mol. The highest BCUT2D eigenvalue weighted by Crippen LogP contribution is 2.76. The number of fused-ring (bicyclic) bond motifs is 7. The van der Waals surface area contributed by atoms with Crippen molar-refractivity contribution in [2.75, 3.05) is 0 Å². The molecule has 0 radical (unpaired) electrons. The van der Waals surface area contributed by atoms with Gasteiger partial charge in [-0.3, -0.25) is 9.59 Å². The molecule has 0 amide bonds. The SMILES string of the molecule is CC1=CC[C@]2(C(=O)O)CC[C@]3(C)C(CC[C@@H]4[C@@]5(C)CCC(=O)C(C)(C)[C@@H]5CC[C@]43C)[C@H]2[C@@H]1C. The summed E-state index contributed by atoms with van der Waals surface area (Å²) in [6, 6.07) is 0. The van der Waals surface area contributed by atoms with Crippen molar-refractivity contribution in [2.45, 2.75) is 106 Å². The molecule has 0 aromatic carbocycles. The molecule has 0 heterocycles. The van der Waals surface area contributed by atoms with Crippen LogP contribution < -0.4 is 0 Å². The van der Waals surface area contributed by atoms with E-state index in [0.717, 1.165) is 38.5 Å². The lowest BCUT2D eigenvalue weighted by Gasteiger charge is -2.72. The van der Waals surface area contributed by atoms with Gasteiger partial charge in [-0.25, -0.2) is 0 Å². The summed E-state index contributed by atoms with van der Waals surface area (Å²) in [7, 11) is 0. The van der Waals surface area contributed by atoms with E-state index in [0.29, 0.717) is 35.9 Å². The molecular formula is C30H46O3. The molecule has 0 saturated heterocycles. The van der Waals surface area contributed by atoms with Gasteiger partial charge in [0.15, 0.2) is 0 Å². The average Bonchev–Trinajstić information content (AvgIpc) is 2.74. The van der Waals surface area contributed by atoms with Gasteiger partial charge in [0, 0.05) is 11.8 Å². The Morgan fingerprint density at radius 2 is 1.64 bits per heavy atom. The zero-order valence-corrected chi connectivity index (χ0v) is 22.1. The van der Waals surface area contributed by atoms with Gasteiger partial charge in [0.25, 0.3) is 0 Å². The highest BCUT2D eigenvalue weighted by atomic mass is 16.4. The van der Waals surface area contributed by atoms with E-state index in [4.69, 9.17) is 0 Å². The summed E-state index contributed by atoms with van der Waals surface area (Å²) in [4.78, 5) is 25.7. The van der Waals surface area contributed by atoms with Crippen molar-refractivity contribution in [3.63, 3.8) is 0 Å². The molecule has 0 aromatic rings. The summed E-state index contributed by atoms with van der Waals surface area (Å²) < 4.78 is 0. The first-order valence-electron chi connectivity index (χ1n) is 13.7. The number of Topliss-reactive ketones (excluding diaryl/α,β-unsaturated/α-hetero) is 1. The Bertz CT molecular complexity index is 916. The maximum absolute atomic E-state index is 12.9. The van der Waals surface area contributed by atoms with E-state index in [1.165, 1.54) is 18.4 Å². The second-order valence-corrected chi connectivity index (χ2v) is 14.2. The van der Waals surface area contributed by atoms with Gasteiger partial charge in [-0.15, -0.1) is 0 Å². The van der Waals surface area contributed by atoms with Crippen LogP contribution in [0.4, 0.5) is 0 Å². The first-order chi connectivity index (χ1) is 15.3. The number of carbonyl (C=O) groups excluding carboxylic acids is 1. The van der Waals surface area contributed by atoms with Crippen LogP contribution in [-0.2, 0) is 9.59 Å². The summed E-state index contributed by atoms with van der Waals surface area (Å²) in [6.07, 6.45) is 11.3. The lowest BCUT2D eigenvalue weighted by Crippen LogP contribution is -2.67. The van der Waals surface area contributed by atoms with Crippen molar-refractivity contribution in [3.8, 4) is 0 Å². The predicted octanol–water partition coefficient (Wildman–Crippen LogP) is 7.30. The third-order valence-corrected chi connectivity index (χ3v) is 13.3. The largest absolute Gasteiger partial charge is 0.481 e. The lowest BCUT2D eigenvalue weighted by molar-refractivity contribution is -0.240. The summed E-state index contributed by atoms with van der Waals surface area (Å²) in [5.41, 5.74) is 1.22. The Morgan fingerprint density at radius 3 is 2.30 bits per heavy atom. The van der Waals surface area contributed by atoms with Gasteiger partial charge >= 0.3 is 5.97 Å². The molecule has 9 atom stereocenters. The van der Waals surface area contributed by atoms with Gasteiger partial charge < -0.3 is 5.11 Å². The average molecular weight is 455 g/mol. The third kappa shape index (κ3) is 2.69. The minimum absolute atomic E-state index is 0.172. The first kappa shape index (κ1) is 23.6. The van der Waals surface area contributed by atoms with E-state index in [2.05, 4.69) is 54.5 Å². The van der Waals surface area contributed by atoms with Crippen molar-refractivity contribution < 1.29 is 14.7 Å². The van der Waals surface area contributed by atoms with Crippen LogP contribution >= 0.6 is 0 Å².